The smallest absolute Gasteiger partial charge is 0.303 e. The molecular formula is C14H16N2O4S. The Morgan fingerprint density at radius 2 is 1.95 bits per heavy atom. The Morgan fingerprint density at radius 1 is 1.24 bits per heavy atom. The maximum Gasteiger partial charge on any atom is 0.303 e. The van der Waals surface area contributed by atoms with Crippen LogP contribution in [0.2, 0.25) is 0 Å². The second-order valence-corrected chi connectivity index (χ2v) is 6.77. The molecule has 1 aromatic heterocycles. The van der Waals surface area contributed by atoms with Gasteiger partial charge in [-0.2, -0.15) is 0 Å². The van der Waals surface area contributed by atoms with E-state index < -0.39 is 15.8 Å². The molecule has 0 aliphatic carbocycles. The summed E-state index contributed by atoms with van der Waals surface area (Å²) in [6.07, 6.45) is 5.32. The molecule has 1 heterocycles. The van der Waals surface area contributed by atoms with Crippen LogP contribution in [0, 0.1) is 0 Å². The van der Waals surface area contributed by atoms with E-state index in [-0.39, 0.29) is 17.1 Å². The van der Waals surface area contributed by atoms with Gasteiger partial charge in [0, 0.05) is 25.4 Å². The summed E-state index contributed by atoms with van der Waals surface area (Å²) in [4.78, 5) is 14.6. The van der Waals surface area contributed by atoms with Crippen molar-refractivity contribution in [3.05, 3.63) is 48.5 Å². The van der Waals surface area contributed by atoms with Crippen LogP contribution in [0.25, 0.3) is 0 Å². The SMILES string of the molecule is O=C(O)CCc1ccc(S(=O)(=O)CCn2ccnc2)cc1. The highest BCUT2D eigenvalue weighted by Gasteiger charge is 2.14. The number of carboxylic acids is 1. The van der Waals surface area contributed by atoms with E-state index in [1.807, 2.05) is 0 Å². The summed E-state index contributed by atoms with van der Waals surface area (Å²) in [6, 6.07) is 6.38. The van der Waals surface area contributed by atoms with Crippen LogP contribution >= 0.6 is 0 Å². The maximum absolute atomic E-state index is 12.2. The number of hydrogen-bond acceptors (Lipinski definition) is 4. The molecule has 7 heteroatoms. The number of benzene rings is 1. The number of rotatable bonds is 7. The summed E-state index contributed by atoms with van der Waals surface area (Å²) >= 11 is 0. The summed E-state index contributed by atoms with van der Waals surface area (Å²) in [5, 5.41) is 8.62. The number of carbonyl (C=O) groups is 1. The van der Waals surface area contributed by atoms with E-state index in [0.717, 1.165) is 5.56 Å². The zero-order valence-electron chi connectivity index (χ0n) is 11.3. The van der Waals surface area contributed by atoms with Crippen molar-refractivity contribution in [3.63, 3.8) is 0 Å². The Hall–Kier alpha value is -2.15. The quantitative estimate of drug-likeness (QED) is 0.834. The van der Waals surface area contributed by atoms with Crippen molar-refractivity contribution < 1.29 is 18.3 Å². The fraction of sp³-hybridized carbons (Fsp3) is 0.286. The van der Waals surface area contributed by atoms with Gasteiger partial charge in [-0.1, -0.05) is 12.1 Å². The molecule has 6 nitrogen and oxygen atoms in total. The summed E-state index contributed by atoms with van der Waals surface area (Å²) in [7, 11) is -3.35. The van der Waals surface area contributed by atoms with E-state index in [0.29, 0.717) is 13.0 Å². The molecule has 0 radical (unpaired) electrons. The van der Waals surface area contributed by atoms with E-state index in [9.17, 15) is 13.2 Å². The van der Waals surface area contributed by atoms with Crippen LogP contribution < -0.4 is 0 Å². The normalized spacial score (nSPS) is 11.4. The van der Waals surface area contributed by atoms with Gasteiger partial charge in [0.2, 0.25) is 0 Å². The number of aliphatic carboxylic acids is 1. The first kappa shape index (κ1) is 15.2. The number of sulfone groups is 1. The van der Waals surface area contributed by atoms with Crippen molar-refractivity contribution in [3.8, 4) is 0 Å². The fourth-order valence-corrected chi connectivity index (χ4v) is 3.11. The molecule has 112 valence electrons. The minimum Gasteiger partial charge on any atom is -0.481 e. The van der Waals surface area contributed by atoms with Gasteiger partial charge in [0.15, 0.2) is 9.84 Å². The first-order chi connectivity index (χ1) is 9.97. The van der Waals surface area contributed by atoms with Gasteiger partial charge in [0.1, 0.15) is 0 Å². The first-order valence-corrected chi connectivity index (χ1v) is 8.12. The highest BCUT2D eigenvalue weighted by molar-refractivity contribution is 7.91. The molecule has 0 unspecified atom stereocenters. The second kappa shape index (κ2) is 6.53. The van der Waals surface area contributed by atoms with E-state index in [1.165, 1.54) is 12.1 Å². The fourth-order valence-electron chi connectivity index (χ4n) is 1.88. The second-order valence-electron chi connectivity index (χ2n) is 4.66. The Bertz CT molecular complexity index is 691. The standard InChI is InChI=1S/C14H16N2O4S/c17-14(18)6-3-12-1-4-13(5-2-12)21(19,20)10-9-16-8-7-15-11-16/h1-2,4-5,7-8,11H,3,6,9-10H2,(H,17,18). The minimum absolute atomic E-state index is 0.00215. The third kappa shape index (κ3) is 4.42. The number of imidazole rings is 1. The molecular weight excluding hydrogens is 292 g/mol. The Morgan fingerprint density at radius 3 is 2.52 bits per heavy atom. The average Bonchev–Trinajstić information content (AvgIpc) is 2.97. The summed E-state index contributed by atoms with van der Waals surface area (Å²) in [6.45, 7) is 0.350. The van der Waals surface area contributed by atoms with Crippen LogP contribution in [0.4, 0.5) is 0 Å². The lowest BCUT2D eigenvalue weighted by molar-refractivity contribution is -0.136. The monoisotopic (exact) mass is 308 g/mol. The number of carboxylic acid groups (broad SMARTS) is 1. The van der Waals surface area contributed by atoms with Gasteiger partial charge < -0.3 is 9.67 Å². The molecule has 0 spiro atoms. The van der Waals surface area contributed by atoms with Crippen LogP contribution in [-0.4, -0.2) is 34.8 Å². The van der Waals surface area contributed by atoms with E-state index in [4.69, 9.17) is 5.11 Å². The Labute approximate surface area is 123 Å². The van der Waals surface area contributed by atoms with Gasteiger partial charge in [-0.25, -0.2) is 13.4 Å². The van der Waals surface area contributed by atoms with Crippen LogP contribution in [-0.2, 0) is 27.6 Å². The van der Waals surface area contributed by atoms with Crippen LogP contribution in [0.5, 0.6) is 0 Å². The first-order valence-electron chi connectivity index (χ1n) is 6.46. The third-order valence-electron chi connectivity index (χ3n) is 3.09. The molecule has 0 atom stereocenters. The lowest BCUT2D eigenvalue weighted by Crippen LogP contribution is -2.12. The van der Waals surface area contributed by atoms with Crippen molar-refractivity contribution in [2.24, 2.45) is 0 Å². The lowest BCUT2D eigenvalue weighted by atomic mass is 10.1. The Kier molecular flexibility index (Phi) is 4.74. The molecule has 2 aromatic rings. The molecule has 2 rings (SSSR count). The van der Waals surface area contributed by atoms with E-state index >= 15 is 0 Å². The third-order valence-corrected chi connectivity index (χ3v) is 4.80. The van der Waals surface area contributed by atoms with Gasteiger partial charge in [-0.15, -0.1) is 0 Å². The number of aromatic nitrogens is 2. The van der Waals surface area contributed by atoms with Gasteiger partial charge >= 0.3 is 5.97 Å². The number of hydrogen-bond donors (Lipinski definition) is 1. The maximum atomic E-state index is 12.2. The molecule has 0 aliphatic rings. The number of nitrogens with zero attached hydrogens (tertiary/aromatic N) is 2. The molecule has 0 saturated heterocycles. The average molecular weight is 308 g/mol. The molecule has 0 fully saturated rings. The zero-order chi connectivity index (χ0) is 15.3. The molecule has 0 aliphatic heterocycles. The molecule has 0 saturated carbocycles. The van der Waals surface area contributed by atoms with Gasteiger partial charge in [0.05, 0.1) is 17.0 Å². The van der Waals surface area contributed by atoms with Crippen LogP contribution in [0.3, 0.4) is 0 Å². The molecule has 1 aromatic carbocycles. The molecule has 1 N–H and O–H groups in total. The summed E-state index contributed by atoms with van der Waals surface area (Å²) in [5.74, 6) is -0.871. The van der Waals surface area contributed by atoms with Crippen LogP contribution in [0.1, 0.15) is 12.0 Å². The van der Waals surface area contributed by atoms with E-state index in [1.54, 1.807) is 35.4 Å². The predicted octanol–water partition coefficient (Wildman–Crippen LogP) is 1.37. The van der Waals surface area contributed by atoms with Crippen molar-refractivity contribution in [2.75, 3.05) is 5.75 Å². The Balaban J connectivity index is 2.01. The number of aryl methyl sites for hydroxylation is 2. The van der Waals surface area contributed by atoms with Gasteiger partial charge in [0.25, 0.3) is 0 Å². The van der Waals surface area contributed by atoms with Crippen molar-refractivity contribution >= 4 is 15.8 Å². The highest BCUT2D eigenvalue weighted by atomic mass is 32.2. The summed E-state index contributed by atoms with van der Waals surface area (Å²) < 4.78 is 26.1. The topological polar surface area (TPSA) is 89.3 Å². The zero-order valence-corrected chi connectivity index (χ0v) is 12.2. The highest BCUT2D eigenvalue weighted by Crippen LogP contribution is 2.14. The van der Waals surface area contributed by atoms with Gasteiger partial charge in [-0.3, -0.25) is 4.79 Å². The van der Waals surface area contributed by atoms with Gasteiger partial charge in [-0.05, 0) is 24.1 Å². The molecule has 0 amide bonds. The lowest BCUT2D eigenvalue weighted by Gasteiger charge is -2.06. The van der Waals surface area contributed by atoms with Crippen molar-refractivity contribution in [2.45, 2.75) is 24.3 Å². The van der Waals surface area contributed by atoms with Crippen molar-refractivity contribution in [1.29, 1.82) is 0 Å². The summed E-state index contributed by atoms with van der Waals surface area (Å²) in [5.41, 5.74) is 0.811. The van der Waals surface area contributed by atoms with Crippen molar-refractivity contribution in [1.82, 2.24) is 9.55 Å². The largest absolute Gasteiger partial charge is 0.481 e. The van der Waals surface area contributed by atoms with Crippen LogP contribution in [0.15, 0.2) is 47.9 Å². The minimum atomic E-state index is -3.35. The van der Waals surface area contributed by atoms with E-state index in [2.05, 4.69) is 4.98 Å². The molecule has 0 bridgehead atoms. The molecule has 21 heavy (non-hydrogen) atoms. The predicted molar refractivity (Wildman–Crippen MR) is 76.7 cm³/mol.